The van der Waals surface area contributed by atoms with E-state index in [1.165, 1.54) is 32.1 Å². The summed E-state index contributed by atoms with van der Waals surface area (Å²) in [6.45, 7) is 0. The SMILES string of the molecule is CN=[S@](=O)(C/C=C/C1CCCCC1)c1ccccc1. The lowest BCUT2D eigenvalue weighted by molar-refractivity contribution is 0.419. The molecular weight excluding hydrogens is 254 g/mol. The van der Waals surface area contributed by atoms with Crippen LogP contribution < -0.4 is 0 Å². The normalized spacial score (nSPS) is 20.3. The Bertz CT molecular complexity index is 521. The second-order valence-electron chi connectivity index (χ2n) is 5.13. The molecule has 1 atom stereocenters. The first kappa shape index (κ1) is 14.3. The van der Waals surface area contributed by atoms with Crippen LogP contribution in [-0.2, 0) is 9.73 Å². The molecule has 0 aromatic heterocycles. The van der Waals surface area contributed by atoms with E-state index in [1.54, 1.807) is 7.05 Å². The zero-order valence-corrected chi connectivity index (χ0v) is 12.4. The smallest absolute Gasteiger partial charge is 0.0785 e. The fourth-order valence-electron chi connectivity index (χ4n) is 2.61. The summed E-state index contributed by atoms with van der Waals surface area (Å²) in [7, 11) is -0.612. The topological polar surface area (TPSA) is 29.4 Å². The van der Waals surface area contributed by atoms with Crippen LogP contribution >= 0.6 is 0 Å². The molecule has 0 radical (unpaired) electrons. The minimum absolute atomic E-state index is 0.532. The summed E-state index contributed by atoms with van der Waals surface area (Å²) in [5.74, 6) is 1.22. The molecule has 0 bridgehead atoms. The summed E-state index contributed by atoms with van der Waals surface area (Å²) in [4.78, 5) is 0.839. The minimum atomic E-state index is -2.27. The average molecular weight is 277 g/mol. The maximum atomic E-state index is 12.8. The van der Waals surface area contributed by atoms with Gasteiger partial charge in [0.25, 0.3) is 0 Å². The molecule has 3 heteroatoms. The van der Waals surface area contributed by atoms with Gasteiger partial charge in [-0.15, -0.1) is 0 Å². The molecule has 1 aliphatic carbocycles. The van der Waals surface area contributed by atoms with Crippen LogP contribution in [0.25, 0.3) is 0 Å². The van der Waals surface area contributed by atoms with Crippen molar-refractivity contribution in [2.75, 3.05) is 12.8 Å². The standard InChI is InChI=1S/C16H23NOS/c1-17-19(18,16-12-6-3-7-13-16)14-8-11-15-9-4-2-5-10-15/h3,6-8,11-13,15H,2,4-5,9-10,14H2,1H3/b11-8+/t19-/m0/s1. The molecule has 19 heavy (non-hydrogen) atoms. The predicted molar refractivity (Wildman–Crippen MR) is 81.8 cm³/mol. The van der Waals surface area contributed by atoms with E-state index in [2.05, 4.69) is 16.5 Å². The van der Waals surface area contributed by atoms with Gasteiger partial charge in [0.15, 0.2) is 0 Å². The van der Waals surface area contributed by atoms with E-state index in [-0.39, 0.29) is 0 Å². The number of benzene rings is 1. The van der Waals surface area contributed by atoms with Crippen molar-refractivity contribution < 1.29 is 4.21 Å². The van der Waals surface area contributed by atoms with E-state index in [0.29, 0.717) is 11.7 Å². The summed E-state index contributed by atoms with van der Waals surface area (Å²) in [5, 5.41) is 0. The Morgan fingerprint density at radius 1 is 1.21 bits per heavy atom. The van der Waals surface area contributed by atoms with Gasteiger partial charge in [-0.05, 0) is 30.9 Å². The lowest BCUT2D eigenvalue weighted by Crippen LogP contribution is -2.06. The third-order valence-corrected chi connectivity index (χ3v) is 6.03. The maximum Gasteiger partial charge on any atom is 0.0785 e. The first-order valence-electron chi connectivity index (χ1n) is 7.09. The van der Waals surface area contributed by atoms with Crippen molar-refractivity contribution in [3.05, 3.63) is 42.5 Å². The van der Waals surface area contributed by atoms with E-state index in [0.717, 1.165) is 4.90 Å². The molecule has 0 aliphatic heterocycles. The highest BCUT2D eigenvalue weighted by Gasteiger charge is 2.12. The van der Waals surface area contributed by atoms with E-state index in [9.17, 15) is 4.21 Å². The molecule has 0 amide bonds. The van der Waals surface area contributed by atoms with Crippen molar-refractivity contribution in [1.29, 1.82) is 0 Å². The first-order chi connectivity index (χ1) is 9.24. The molecule has 1 saturated carbocycles. The van der Waals surface area contributed by atoms with Gasteiger partial charge in [-0.25, -0.2) is 8.57 Å². The molecule has 2 nitrogen and oxygen atoms in total. The van der Waals surface area contributed by atoms with Gasteiger partial charge >= 0.3 is 0 Å². The van der Waals surface area contributed by atoms with E-state index in [1.807, 2.05) is 30.3 Å². The Kier molecular flexibility index (Phi) is 5.20. The van der Waals surface area contributed by atoms with Gasteiger partial charge in [-0.1, -0.05) is 49.6 Å². The third kappa shape index (κ3) is 3.93. The van der Waals surface area contributed by atoms with Crippen LogP contribution in [-0.4, -0.2) is 17.0 Å². The van der Waals surface area contributed by atoms with Gasteiger partial charge in [-0.2, -0.15) is 0 Å². The lowest BCUT2D eigenvalue weighted by atomic mass is 9.89. The highest BCUT2D eigenvalue weighted by atomic mass is 32.2. The quantitative estimate of drug-likeness (QED) is 0.755. The van der Waals surface area contributed by atoms with Crippen molar-refractivity contribution in [3.63, 3.8) is 0 Å². The Morgan fingerprint density at radius 3 is 2.53 bits per heavy atom. The highest BCUT2D eigenvalue weighted by Crippen LogP contribution is 2.24. The molecule has 0 unspecified atom stereocenters. The molecule has 1 aromatic carbocycles. The number of hydrogen-bond donors (Lipinski definition) is 0. The van der Waals surface area contributed by atoms with E-state index in [4.69, 9.17) is 0 Å². The first-order valence-corrected chi connectivity index (χ1v) is 8.78. The Labute approximate surface area is 117 Å². The number of rotatable bonds is 4. The van der Waals surface area contributed by atoms with Crippen LogP contribution in [0.1, 0.15) is 32.1 Å². The van der Waals surface area contributed by atoms with Crippen molar-refractivity contribution in [2.24, 2.45) is 10.3 Å². The van der Waals surface area contributed by atoms with Gasteiger partial charge in [0.2, 0.25) is 0 Å². The van der Waals surface area contributed by atoms with Crippen LogP contribution in [0.15, 0.2) is 51.7 Å². The van der Waals surface area contributed by atoms with Gasteiger partial charge in [0.05, 0.1) is 15.5 Å². The molecular formula is C16H23NOS. The fraction of sp³-hybridized carbons (Fsp3) is 0.500. The highest BCUT2D eigenvalue weighted by molar-refractivity contribution is 7.93. The molecule has 0 N–H and O–H groups in total. The van der Waals surface area contributed by atoms with Crippen molar-refractivity contribution in [3.8, 4) is 0 Å². The molecule has 1 aromatic rings. The van der Waals surface area contributed by atoms with Gasteiger partial charge in [0, 0.05) is 11.9 Å². The largest absolute Gasteiger partial charge is 0.244 e. The molecule has 0 heterocycles. The maximum absolute atomic E-state index is 12.8. The number of nitrogens with zero attached hydrogens (tertiary/aromatic N) is 1. The van der Waals surface area contributed by atoms with Crippen molar-refractivity contribution >= 4 is 9.73 Å². The molecule has 0 saturated heterocycles. The molecule has 0 spiro atoms. The van der Waals surface area contributed by atoms with Gasteiger partial charge in [-0.3, -0.25) is 0 Å². The Hall–Kier alpha value is -1.09. The Balaban J connectivity index is 2.04. The summed E-state index contributed by atoms with van der Waals surface area (Å²) in [6.07, 6.45) is 10.9. The second kappa shape index (κ2) is 6.90. The van der Waals surface area contributed by atoms with E-state index >= 15 is 0 Å². The zero-order valence-electron chi connectivity index (χ0n) is 11.6. The molecule has 2 rings (SSSR count). The summed E-state index contributed by atoms with van der Waals surface area (Å²) >= 11 is 0. The summed E-state index contributed by atoms with van der Waals surface area (Å²) in [6, 6.07) is 9.60. The molecule has 104 valence electrons. The van der Waals surface area contributed by atoms with Crippen LogP contribution in [0.3, 0.4) is 0 Å². The summed E-state index contributed by atoms with van der Waals surface area (Å²) < 4.78 is 16.9. The summed E-state index contributed by atoms with van der Waals surface area (Å²) in [5.41, 5.74) is 0. The van der Waals surface area contributed by atoms with Gasteiger partial charge < -0.3 is 0 Å². The minimum Gasteiger partial charge on any atom is -0.244 e. The van der Waals surface area contributed by atoms with Crippen molar-refractivity contribution in [2.45, 2.75) is 37.0 Å². The molecule has 1 fully saturated rings. The number of hydrogen-bond acceptors (Lipinski definition) is 2. The van der Waals surface area contributed by atoms with Gasteiger partial charge in [0.1, 0.15) is 0 Å². The predicted octanol–water partition coefficient (Wildman–Crippen LogP) is 4.28. The van der Waals surface area contributed by atoms with Crippen molar-refractivity contribution in [1.82, 2.24) is 0 Å². The monoisotopic (exact) mass is 277 g/mol. The van der Waals surface area contributed by atoms with Crippen LogP contribution in [0.2, 0.25) is 0 Å². The fourth-order valence-corrected chi connectivity index (χ4v) is 4.12. The van der Waals surface area contributed by atoms with Crippen LogP contribution in [0.4, 0.5) is 0 Å². The van der Waals surface area contributed by atoms with E-state index < -0.39 is 9.73 Å². The third-order valence-electron chi connectivity index (χ3n) is 3.79. The zero-order chi connectivity index (χ0) is 13.6. The lowest BCUT2D eigenvalue weighted by Gasteiger charge is -2.17. The number of allylic oxidation sites excluding steroid dienone is 1. The van der Waals surface area contributed by atoms with Crippen LogP contribution in [0, 0.1) is 5.92 Å². The van der Waals surface area contributed by atoms with Crippen LogP contribution in [0.5, 0.6) is 0 Å². The molecule has 1 aliphatic rings. The average Bonchev–Trinajstić information content (AvgIpc) is 2.49. The Morgan fingerprint density at radius 2 is 1.89 bits per heavy atom. The second-order valence-corrected chi connectivity index (χ2v) is 7.58.